The van der Waals surface area contributed by atoms with Crippen molar-refractivity contribution in [1.82, 2.24) is 5.32 Å². The summed E-state index contributed by atoms with van der Waals surface area (Å²) >= 11 is 0. The van der Waals surface area contributed by atoms with Crippen LogP contribution in [-0.4, -0.2) is 25.2 Å². The van der Waals surface area contributed by atoms with Crippen LogP contribution >= 0.6 is 0 Å². The maximum Gasteiger partial charge on any atom is 0.224 e. The van der Waals surface area contributed by atoms with E-state index in [9.17, 15) is 9.18 Å². The SMILES string of the molecule is O=C(Cc1ccc(F)cc1)NCc1ccc(OC[C@H]2CCCO2)cc1. The topological polar surface area (TPSA) is 47.6 Å². The van der Waals surface area contributed by atoms with Crippen molar-refractivity contribution in [1.29, 1.82) is 0 Å². The van der Waals surface area contributed by atoms with Gasteiger partial charge in [-0.25, -0.2) is 4.39 Å². The number of ether oxygens (including phenoxy) is 2. The van der Waals surface area contributed by atoms with Crippen LogP contribution in [0.2, 0.25) is 0 Å². The first-order valence-electron chi connectivity index (χ1n) is 8.53. The summed E-state index contributed by atoms with van der Waals surface area (Å²) < 4.78 is 24.1. The first kappa shape index (κ1) is 17.4. The molecule has 5 heteroatoms. The molecule has 1 amide bonds. The smallest absolute Gasteiger partial charge is 0.224 e. The van der Waals surface area contributed by atoms with E-state index in [4.69, 9.17) is 9.47 Å². The third kappa shape index (κ3) is 5.57. The molecule has 1 atom stereocenters. The van der Waals surface area contributed by atoms with E-state index in [2.05, 4.69) is 5.32 Å². The van der Waals surface area contributed by atoms with E-state index in [0.29, 0.717) is 13.2 Å². The molecular weight excluding hydrogens is 321 g/mol. The Bertz CT molecular complexity index is 679. The highest BCUT2D eigenvalue weighted by atomic mass is 19.1. The van der Waals surface area contributed by atoms with Gasteiger partial charge in [0.1, 0.15) is 18.2 Å². The Kier molecular flexibility index (Phi) is 6.01. The molecule has 1 fully saturated rings. The van der Waals surface area contributed by atoms with Gasteiger partial charge in [-0.3, -0.25) is 4.79 Å². The lowest BCUT2D eigenvalue weighted by Gasteiger charge is -2.12. The third-order valence-corrected chi connectivity index (χ3v) is 4.15. The van der Waals surface area contributed by atoms with Crippen LogP contribution in [0.5, 0.6) is 5.75 Å². The monoisotopic (exact) mass is 343 g/mol. The second-order valence-electron chi connectivity index (χ2n) is 6.17. The third-order valence-electron chi connectivity index (χ3n) is 4.15. The minimum Gasteiger partial charge on any atom is -0.491 e. The number of benzene rings is 2. The van der Waals surface area contributed by atoms with E-state index in [-0.39, 0.29) is 24.2 Å². The van der Waals surface area contributed by atoms with Crippen LogP contribution in [0.4, 0.5) is 4.39 Å². The number of hydrogen-bond acceptors (Lipinski definition) is 3. The number of hydrogen-bond donors (Lipinski definition) is 1. The molecule has 1 aliphatic rings. The zero-order valence-corrected chi connectivity index (χ0v) is 14.0. The normalized spacial score (nSPS) is 16.6. The molecule has 0 spiro atoms. The lowest BCUT2D eigenvalue weighted by Crippen LogP contribution is -2.24. The summed E-state index contributed by atoms with van der Waals surface area (Å²) in [5.74, 6) is 0.410. The van der Waals surface area contributed by atoms with Crippen LogP contribution in [0.15, 0.2) is 48.5 Å². The second-order valence-corrected chi connectivity index (χ2v) is 6.17. The fourth-order valence-electron chi connectivity index (χ4n) is 2.72. The van der Waals surface area contributed by atoms with Gasteiger partial charge >= 0.3 is 0 Å². The highest BCUT2D eigenvalue weighted by Crippen LogP contribution is 2.16. The molecule has 2 aromatic rings. The number of carbonyl (C=O) groups excluding carboxylic acids is 1. The van der Waals surface area contributed by atoms with Crippen LogP contribution in [0.25, 0.3) is 0 Å². The highest BCUT2D eigenvalue weighted by Gasteiger charge is 2.15. The van der Waals surface area contributed by atoms with Crippen LogP contribution in [0, 0.1) is 5.82 Å². The Morgan fingerprint density at radius 1 is 1.12 bits per heavy atom. The van der Waals surface area contributed by atoms with Gasteiger partial charge in [-0.2, -0.15) is 0 Å². The average molecular weight is 343 g/mol. The minimum atomic E-state index is -0.300. The Hall–Kier alpha value is -2.40. The number of carbonyl (C=O) groups is 1. The maximum absolute atomic E-state index is 12.9. The molecule has 0 aromatic heterocycles. The van der Waals surface area contributed by atoms with Gasteiger partial charge in [-0.1, -0.05) is 24.3 Å². The van der Waals surface area contributed by atoms with Crippen LogP contribution in [0.3, 0.4) is 0 Å². The molecular formula is C20H22FNO3. The van der Waals surface area contributed by atoms with Crippen molar-refractivity contribution in [3.05, 3.63) is 65.5 Å². The quantitative estimate of drug-likeness (QED) is 0.839. The summed E-state index contributed by atoms with van der Waals surface area (Å²) in [6, 6.07) is 13.6. The predicted molar refractivity (Wildman–Crippen MR) is 92.9 cm³/mol. The van der Waals surface area contributed by atoms with Gasteiger partial charge in [0.15, 0.2) is 0 Å². The first-order valence-corrected chi connectivity index (χ1v) is 8.53. The molecule has 132 valence electrons. The summed E-state index contributed by atoms with van der Waals surface area (Å²) in [5, 5.41) is 2.86. The second kappa shape index (κ2) is 8.62. The molecule has 25 heavy (non-hydrogen) atoms. The lowest BCUT2D eigenvalue weighted by molar-refractivity contribution is -0.120. The minimum absolute atomic E-state index is 0.0923. The van der Waals surface area contributed by atoms with Gasteiger partial charge in [0.2, 0.25) is 5.91 Å². The van der Waals surface area contributed by atoms with E-state index < -0.39 is 0 Å². The van der Waals surface area contributed by atoms with Crippen LogP contribution < -0.4 is 10.1 Å². The van der Waals surface area contributed by atoms with Crippen molar-refractivity contribution in [2.75, 3.05) is 13.2 Å². The van der Waals surface area contributed by atoms with Gasteiger partial charge in [0, 0.05) is 13.2 Å². The van der Waals surface area contributed by atoms with Crippen molar-refractivity contribution in [2.24, 2.45) is 0 Å². The molecule has 1 saturated heterocycles. The average Bonchev–Trinajstić information content (AvgIpc) is 3.15. The van der Waals surface area contributed by atoms with E-state index in [1.807, 2.05) is 24.3 Å². The maximum atomic E-state index is 12.9. The van der Waals surface area contributed by atoms with E-state index in [1.165, 1.54) is 12.1 Å². The van der Waals surface area contributed by atoms with E-state index in [0.717, 1.165) is 36.3 Å². The molecule has 1 heterocycles. The van der Waals surface area contributed by atoms with Gasteiger partial charge in [-0.15, -0.1) is 0 Å². The summed E-state index contributed by atoms with van der Waals surface area (Å²) in [6.45, 7) is 1.85. The number of nitrogens with one attached hydrogen (secondary N) is 1. The van der Waals surface area contributed by atoms with Gasteiger partial charge in [-0.05, 0) is 48.2 Å². The number of rotatable bonds is 7. The largest absolute Gasteiger partial charge is 0.491 e. The molecule has 3 rings (SSSR count). The number of halogens is 1. The van der Waals surface area contributed by atoms with Gasteiger partial charge < -0.3 is 14.8 Å². The first-order chi connectivity index (χ1) is 12.2. The van der Waals surface area contributed by atoms with Crippen molar-refractivity contribution < 1.29 is 18.7 Å². The molecule has 0 aliphatic carbocycles. The van der Waals surface area contributed by atoms with Crippen molar-refractivity contribution >= 4 is 5.91 Å². The van der Waals surface area contributed by atoms with Gasteiger partial charge in [0.25, 0.3) is 0 Å². The fraction of sp³-hybridized carbons (Fsp3) is 0.350. The summed E-state index contributed by atoms with van der Waals surface area (Å²) in [6.07, 6.45) is 2.59. The summed E-state index contributed by atoms with van der Waals surface area (Å²) in [5.41, 5.74) is 1.79. The predicted octanol–water partition coefficient (Wildman–Crippen LogP) is 3.24. The Morgan fingerprint density at radius 3 is 2.52 bits per heavy atom. The Labute approximate surface area is 147 Å². The molecule has 0 radical (unpaired) electrons. The Morgan fingerprint density at radius 2 is 1.84 bits per heavy atom. The zero-order valence-electron chi connectivity index (χ0n) is 14.0. The molecule has 1 aliphatic heterocycles. The molecule has 0 bridgehead atoms. The molecule has 0 unspecified atom stereocenters. The molecule has 1 N–H and O–H groups in total. The molecule has 0 saturated carbocycles. The van der Waals surface area contributed by atoms with Gasteiger partial charge in [0.05, 0.1) is 12.5 Å². The van der Waals surface area contributed by atoms with Crippen LogP contribution in [0.1, 0.15) is 24.0 Å². The molecule has 2 aromatic carbocycles. The van der Waals surface area contributed by atoms with E-state index >= 15 is 0 Å². The Balaban J connectivity index is 1.41. The summed E-state index contributed by atoms with van der Waals surface area (Å²) in [7, 11) is 0. The lowest BCUT2D eigenvalue weighted by atomic mass is 10.1. The fourth-order valence-corrected chi connectivity index (χ4v) is 2.72. The highest BCUT2D eigenvalue weighted by molar-refractivity contribution is 5.78. The van der Waals surface area contributed by atoms with E-state index in [1.54, 1.807) is 12.1 Å². The number of amides is 1. The van der Waals surface area contributed by atoms with Crippen molar-refractivity contribution in [2.45, 2.75) is 31.9 Å². The summed E-state index contributed by atoms with van der Waals surface area (Å²) in [4.78, 5) is 11.9. The van der Waals surface area contributed by atoms with Crippen molar-refractivity contribution in [3.63, 3.8) is 0 Å². The zero-order chi connectivity index (χ0) is 17.5. The van der Waals surface area contributed by atoms with Crippen molar-refractivity contribution in [3.8, 4) is 5.75 Å². The molecule has 4 nitrogen and oxygen atoms in total. The van der Waals surface area contributed by atoms with Crippen LogP contribution in [-0.2, 0) is 22.5 Å². The standard InChI is InChI=1S/C20H22FNO3/c21-17-7-3-15(4-8-17)12-20(23)22-13-16-5-9-18(10-6-16)25-14-19-2-1-11-24-19/h3-10,19H,1-2,11-14H2,(H,22,23)/t19-/m1/s1.